The second kappa shape index (κ2) is 16.9. The molecule has 0 aromatic carbocycles. The molecule has 0 fully saturated rings. The molecule has 0 radical (unpaired) electrons. The minimum atomic E-state index is -0.780. The van der Waals surface area contributed by atoms with E-state index < -0.39 is 18.0 Å². The van der Waals surface area contributed by atoms with E-state index in [0.717, 1.165) is 0 Å². The van der Waals surface area contributed by atoms with Gasteiger partial charge in [0.15, 0.2) is 5.78 Å². The summed E-state index contributed by atoms with van der Waals surface area (Å²) in [5.74, 6) is -0.841. The summed E-state index contributed by atoms with van der Waals surface area (Å²) in [5.41, 5.74) is 0. The van der Waals surface area contributed by atoms with Gasteiger partial charge in [-0.05, 0) is 27.2 Å². The first-order chi connectivity index (χ1) is 13.8. The van der Waals surface area contributed by atoms with Crippen molar-refractivity contribution < 1.29 is 28.8 Å². The highest BCUT2D eigenvalue weighted by atomic mass is 32.1. The zero-order chi connectivity index (χ0) is 23.9. The number of nitrogens with one attached hydrogen (secondary N) is 3. The van der Waals surface area contributed by atoms with Crippen LogP contribution in [0.25, 0.3) is 0 Å². The van der Waals surface area contributed by atoms with Gasteiger partial charge in [0.05, 0.1) is 12.6 Å². The molecule has 0 spiro atoms. The maximum absolute atomic E-state index is 11.7. The zero-order valence-electron chi connectivity index (χ0n) is 18.1. The lowest BCUT2D eigenvalue weighted by Gasteiger charge is -2.16. The monoisotopic (exact) mass is 463 g/mol. The molecule has 0 saturated carbocycles. The maximum Gasteiger partial charge on any atom is 0.243 e. The van der Waals surface area contributed by atoms with Crippen molar-refractivity contribution in [2.45, 2.75) is 59.5 Å². The van der Waals surface area contributed by atoms with Gasteiger partial charge < -0.3 is 16.0 Å². The molecule has 11 heteroatoms. The van der Waals surface area contributed by atoms with E-state index in [-0.39, 0.29) is 53.8 Å². The zero-order valence-corrected chi connectivity index (χ0v) is 19.9. The summed E-state index contributed by atoms with van der Waals surface area (Å²) >= 11 is 7.89. The molecule has 0 bridgehead atoms. The third kappa shape index (κ3) is 16.0. The van der Waals surface area contributed by atoms with Gasteiger partial charge in [-0.1, -0.05) is 6.92 Å². The van der Waals surface area contributed by atoms with Crippen LogP contribution in [0.4, 0.5) is 0 Å². The van der Waals surface area contributed by atoms with Crippen LogP contribution in [-0.4, -0.2) is 65.2 Å². The van der Waals surface area contributed by atoms with E-state index in [2.05, 4.69) is 41.2 Å². The summed E-state index contributed by atoms with van der Waals surface area (Å²) in [6, 6.07) is -1.21. The molecule has 0 unspecified atom stereocenters. The Balaban J connectivity index is 0. The first-order valence-electron chi connectivity index (χ1n) is 9.41. The van der Waals surface area contributed by atoms with Gasteiger partial charge in [-0.2, -0.15) is 25.3 Å². The van der Waals surface area contributed by atoms with Gasteiger partial charge in [-0.3, -0.25) is 28.8 Å². The molecule has 0 rings (SSSR count). The fraction of sp³-hybridized carbons (Fsp3) is 0.684. The molecular weight excluding hydrogens is 430 g/mol. The number of amides is 3. The Hall–Kier alpha value is -1.88. The molecule has 0 aliphatic carbocycles. The molecule has 0 saturated heterocycles. The minimum Gasteiger partial charge on any atom is -0.347 e. The number of hydrogen-bond acceptors (Lipinski definition) is 8. The van der Waals surface area contributed by atoms with Crippen molar-refractivity contribution in [1.82, 2.24) is 16.0 Å². The average molecular weight is 464 g/mol. The Morgan fingerprint density at radius 1 is 0.800 bits per heavy atom. The SMILES string of the molecule is CC(=O)CNC(=O)[C@H](CS)NC(=O)CC[C@H](C)C(C)=O.CC(=O)N[C@@H](CS)C(C)=O. The molecule has 30 heavy (non-hydrogen) atoms. The third-order valence-corrected chi connectivity index (χ3v) is 4.63. The first-order valence-corrected chi connectivity index (χ1v) is 10.7. The van der Waals surface area contributed by atoms with Crippen LogP contribution in [0.2, 0.25) is 0 Å². The molecule has 3 atom stereocenters. The van der Waals surface area contributed by atoms with Crippen molar-refractivity contribution in [3.05, 3.63) is 0 Å². The maximum atomic E-state index is 11.7. The summed E-state index contributed by atoms with van der Waals surface area (Å²) in [7, 11) is 0. The number of carbonyl (C=O) groups is 6. The standard InChI is InChI=1S/C13H22N2O4S.C6H11NO2S/c1-8(10(3)17)4-5-12(18)15-11(7-20)13(19)14-6-9(2)16;1-4(8)6(3-10)7-5(2)9/h8,11,20H,4-7H2,1-3H3,(H,14,19)(H,15,18);6,10H,3H2,1-2H3,(H,7,9)/t8-,11-;6-/m00/s1. The number of thiol groups is 2. The van der Waals surface area contributed by atoms with Crippen molar-refractivity contribution in [3.63, 3.8) is 0 Å². The summed E-state index contributed by atoms with van der Waals surface area (Å²) in [4.78, 5) is 66.2. The predicted molar refractivity (Wildman–Crippen MR) is 121 cm³/mol. The lowest BCUT2D eigenvalue weighted by Crippen LogP contribution is -2.48. The van der Waals surface area contributed by atoms with Crippen LogP contribution >= 0.6 is 25.3 Å². The molecule has 0 heterocycles. The summed E-state index contributed by atoms with van der Waals surface area (Å²) in [6.07, 6.45) is 0.612. The van der Waals surface area contributed by atoms with E-state index in [1.165, 1.54) is 27.7 Å². The Kier molecular flexibility index (Phi) is 17.0. The summed E-state index contributed by atoms with van der Waals surface area (Å²) < 4.78 is 0. The minimum absolute atomic E-state index is 0.0303. The number of rotatable bonds is 12. The Morgan fingerprint density at radius 2 is 1.33 bits per heavy atom. The van der Waals surface area contributed by atoms with Gasteiger partial charge in [0.2, 0.25) is 17.7 Å². The van der Waals surface area contributed by atoms with E-state index in [4.69, 9.17) is 0 Å². The smallest absolute Gasteiger partial charge is 0.243 e. The predicted octanol–water partition coefficient (Wildman–Crippen LogP) is 0.121. The summed E-state index contributed by atoms with van der Waals surface area (Å²) in [5, 5.41) is 7.41. The Labute approximate surface area is 188 Å². The number of Topliss-reactive ketones (excluding diaryl/α,β-unsaturated/α-hetero) is 3. The normalized spacial score (nSPS) is 12.9. The van der Waals surface area contributed by atoms with Crippen LogP contribution in [0.1, 0.15) is 47.5 Å². The van der Waals surface area contributed by atoms with Gasteiger partial charge in [0.1, 0.15) is 17.6 Å². The van der Waals surface area contributed by atoms with Crippen LogP contribution in [0.15, 0.2) is 0 Å². The average Bonchev–Trinajstić information content (AvgIpc) is 2.66. The van der Waals surface area contributed by atoms with Gasteiger partial charge >= 0.3 is 0 Å². The number of hydrogen-bond donors (Lipinski definition) is 5. The van der Waals surface area contributed by atoms with E-state index >= 15 is 0 Å². The Bertz CT molecular complexity index is 627. The molecule has 0 aliphatic rings. The van der Waals surface area contributed by atoms with Crippen LogP contribution < -0.4 is 16.0 Å². The van der Waals surface area contributed by atoms with Crippen molar-refractivity contribution >= 4 is 60.3 Å². The fourth-order valence-electron chi connectivity index (χ4n) is 1.87. The molecule has 9 nitrogen and oxygen atoms in total. The van der Waals surface area contributed by atoms with Crippen LogP contribution in [0.3, 0.4) is 0 Å². The van der Waals surface area contributed by atoms with Crippen molar-refractivity contribution in [3.8, 4) is 0 Å². The Morgan fingerprint density at radius 3 is 1.67 bits per heavy atom. The van der Waals surface area contributed by atoms with Crippen molar-refractivity contribution in [1.29, 1.82) is 0 Å². The van der Waals surface area contributed by atoms with Gasteiger partial charge in [0, 0.05) is 30.8 Å². The highest BCUT2D eigenvalue weighted by Gasteiger charge is 2.20. The first kappa shape index (κ1) is 30.3. The quantitative estimate of drug-likeness (QED) is 0.261. The molecule has 0 aliphatic heterocycles. The largest absolute Gasteiger partial charge is 0.347 e. The highest BCUT2D eigenvalue weighted by Crippen LogP contribution is 2.06. The third-order valence-electron chi connectivity index (χ3n) is 3.90. The van der Waals surface area contributed by atoms with Crippen LogP contribution in [-0.2, 0) is 28.8 Å². The fourth-order valence-corrected chi connectivity index (χ4v) is 2.47. The molecule has 3 amide bonds. The van der Waals surface area contributed by atoms with Gasteiger partial charge in [-0.25, -0.2) is 0 Å². The molecular formula is C19H33N3O6S2. The van der Waals surface area contributed by atoms with E-state index in [1.54, 1.807) is 6.92 Å². The summed E-state index contributed by atoms with van der Waals surface area (Å²) in [6.45, 7) is 7.33. The second-order valence-corrected chi connectivity index (χ2v) is 7.55. The number of carbonyl (C=O) groups excluding carboxylic acids is 6. The van der Waals surface area contributed by atoms with E-state index in [9.17, 15) is 28.8 Å². The molecule has 0 aromatic heterocycles. The van der Waals surface area contributed by atoms with Gasteiger partial charge in [-0.15, -0.1) is 0 Å². The lowest BCUT2D eigenvalue weighted by molar-refractivity contribution is -0.129. The second-order valence-electron chi connectivity index (χ2n) is 6.82. The van der Waals surface area contributed by atoms with E-state index in [1.807, 2.05) is 0 Å². The van der Waals surface area contributed by atoms with E-state index in [0.29, 0.717) is 12.2 Å². The molecule has 172 valence electrons. The van der Waals surface area contributed by atoms with Crippen LogP contribution in [0, 0.1) is 5.92 Å². The van der Waals surface area contributed by atoms with Crippen molar-refractivity contribution in [2.75, 3.05) is 18.1 Å². The van der Waals surface area contributed by atoms with Crippen LogP contribution in [0.5, 0.6) is 0 Å². The van der Waals surface area contributed by atoms with Gasteiger partial charge in [0.25, 0.3) is 0 Å². The molecule has 0 aromatic rings. The molecule has 3 N–H and O–H groups in total. The van der Waals surface area contributed by atoms with Crippen molar-refractivity contribution in [2.24, 2.45) is 5.92 Å². The highest BCUT2D eigenvalue weighted by molar-refractivity contribution is 7.80. The lowest BCUT2D eigenvalue weighted by atomic mass is 10.0. The topological polar surface area (TPSA) is 139 Å². The number of ketones is 3.